The summed E-state index contributed by atoms with van der Waals surface area (Å²) in [5, 5.41) is 3.43. The summed E-state index contributed by atoms with van der Waals surface area (Å²) in [7, 11) is -1.63. The molecule has 0 aliphatic carbocycles. The van der Waals surface area contributed by atoms with Crippen LogP contribution in [0.5, 0.6) is 0 Å². The van der Waals surface area contributed by atoms with E-state index in [1.807, 2.05) is 6.07 Å². The molecule has 1 amide bonds. The van der Waals surface area contributed by atoms with Crippen molar-refractivity contribution in [2.75, 3.05) is 0 Å². The van der Waals surface area contributed by atoms with Crippen LogP contribution in [0.25, 0.3) is 0 Å². The number of benzene rings is 2. The van der Waals surface area contributed by atoms with Crippen molar-refractivity contribution in [3.8, 4) is 0 Å². The van der Waals surface area contributed by atoms with E-state index >= 15 is 0 Å². The number of hydrogen-bond donors (Lipinski definition) is 1. The number of amides is 1. The minimum Gasteiger partial charge on any atom is -0.349 e. The second-order valence-corrected chi connectivity index (χ2v) is 15.9. The van der Waals surface area contributed by atoms with Crippen molar-refractivity contribution >= 4 is 14.0 Å². The number of aryl methyl sites for hydroxylation is 1. The first-order valence-electron chi connectivity index (χ1n) is 13.2. The van der Waals surface area contributed by atoms with Crippen LogP contribution in [0.4, 0.5) is 0 Å². The molecule has 33 heavy (non-hydrogen) atoms. The summed E-state index contributed by atoms with van der Waals surface area (Å²) in [5.74, 6) is 0.229. The molecule has 0 spiro atoms. The molecule has 0 fully saturated rings. The Balaban J connectivity index is 1.91. The molecule has 2 aromatic carbocycles. The standard InChI is InChI=1S/C30H47NOSi/c1-6-7-8-9-10-11-12-16-23-33(4,5)26(3)30(32)31-29(28-17-14-13-15-18-28)24-27-21-19-25(2)20-22-27/h13-15,17-22,26,29H,6-12,16,23-24H2,1-5H3,(H,31,32). The fourth-order valence-corrected chi connectivity index (χ4v) is 6.87. The molecule has 2 nitrogen and oxygen atoms in total. The van der Waals surface area contributed by atoms with Crippen molar-refractivity contribution in [1.82, 2.24) is 5.32 Å². The van der Waals surface area contributed by atoms with Crippen LogP contribution in [0, 0.1) is 6.92 Å². The van der Waals surface area contributed by atoms with Gasteiger partial charge in [0.2, 0.25) is 5.91 Å². The third-order valence-corrected chi connectivity index (χ3v) is 11.6. The van der Waals surface area contributed by atoms with E-state index in [0.717, 1.165) is 6.42 Å². The first-order chi connectivity index (χ1) is 15.8. The molecule has 0 bridgehead atoms. The zero-order valence-electron chi connectivity index (χ0n) is 21.8. The summed E-state index contributed by atoms with van der Waals surface area (Å²) in [6.45, 7) is 11.3. The van der Waals surface area contributed by atoms with Gasteiger partial charge in [0.15, 0.2) is 0 Å². The van der Waals surface area contributed by atoms with Gasteiger partial charge in [0.25, 0.3) is 0 Å². The Labute approximate surface area is 204 Å². The molecular weight excluding hydrogens is 418 g/mol. The predicted molar refractivity (Wildman–Crippen MR) is 147 cm³/mol. The minimum atomic E-state index is -1.63. The Morgan fingerprint density at radius 2 is 1.42 bits per heavy atom. The number of carbonyl (C=O) groups is 1. The van der Waals surface area contributed by atoms with E-state index in [0.29, 0.717) is 0 Å². The molecule has 2 aromatic rings. The van der Waals surface area contributed by atoms with Crippen molar-refractivity contribution in [2.45, 2.75) is 109 Å². The van der Waals surface area contributed by atoms with E-state index < -0.39 is 8.07 Å². The molecule has 2 rings (SSSR count). The monoisotopic (exact) mass is 465 g/mol. The third-order valence-electron chi connectivity index (χ3n) is 7.32. The van der Waals surface area contributed by atoms with Gasteiger partial charge in [0.1, 0.15) is 0 Å². The van der Waals surface area contributed by atoms with Crippen LogP contribution in [0.3, 0.4) is 0 Å². The molecule has 182 valence electrons. The predicted octanol–water partition coefficient (Wildman–Crippen LogP) is 8.63. The quantitative estimate of drug-likeness (QED) is 0.207. The molecule has 0 radical (unpaired) electrons. The fraction of sp³-hybridized carbons (Fsp3) is 0.567. The van der Waals surface area contributed by atoms with Crippen molar-refractivity contribution in [3.05, 3.63) is 71.3 Å². The summed E-state index contributed by atoms with van der Waals surface area (Å²) in [6.07, 6.45) is 11.6. The first kappa shape index (κ1) is 27.4. The first-order valence-corrected chi connectivity index (χ1v) is 16.5. The van der Waals surface area contributed by atoms with Gasteiger partial charge >= 0.3 is 0 Å². The summed E-state index contributed by atoms with van der Waals surface area (Å²) in [5.41, 5.74) is 3.83. The largest absolute Gasteiger partial charge is 0.349 e. The van der Waals surface area contributed by atoms with Crippen molar-refractivity contribution < 1.29 is 4.79 Å². The van der Waals surface area contributed by atoms with Crippen molar-refractivity contribution in [3.63, 3.8) is 0 Å². The van der Waals surface area contributed by atoms with Crippen LogP contribution < -0.4 is 5.32 Å². The van der Waals surface area contributed by atoms with Gasteiger partial charge in [-0.2, -0.15) is 0 Å². The van der Waals surface area contributed by atoms with E-state index in [1.54, 1.807) is 0 Å². The molecule has 0 heterocycles. The molecule has 0 aromatic heterocycles. The van der Waals surface area contributed by atoms with Crippen LogP contribution in [-0.4, -0.2) is 14.0 Å². The number of unbranched alkanes of at least 4 members (excludes halogenated alkanes) is 7. The topological polar surface area (TPSA) is 29.1 Å². The highest BCUT2D eigenvalue weighted by molar-refractivity contribution is 6.81. The lowest BCUT2D eigenvalue weighted by atomic mass is 9.98. The van der Waals surface area contributed by atoms with E-state index in [2.05, 4.69) is 87.7 Å². The zero-order chi connectivity index (χ0) is 24.1. The maximum Gasteiger partial charge on any atom is 0.220 e. The Morgan fingerprint density at radius 1 is 0.848 bits per heavy atom. The van der Waals surface area contributed by atoms with Gasteiger partial charge in [-0.3, -0.25) is 4.79 Å². The smallest absolute Gasteiger partial charge is 0.220 e. The van der Waals surface area contributed by atoms with Gasteiger partial charge in [-0.1, -0.05) is 145 Å². The second kappa shape index (κ2) is 14.4. The Kier molecular flexibility index (Phi) is 11.9. The normalized spacial score (nSPS) is 13.5. The fourth-order valence-electron chi connectivity index (χ4n) is 4.48. The highest BCUT2D eigenvalue weighted by atomic mass is 28.3. The molecule has 1 N–H and O–H groups in total. The highest BCUT2D eigenvalue weighted by Gasteiger charge is 2.33. The molecule has 0 saturated heterocycles. The Hall–Kier alpha value is -1.87. The average Bonchev–Trinajstić information content (AvgIpc) is 2.81. The number of carbonyl (C=O) groups excluding carboxylic acids is 1. The number of rotatable bonds is 15. The van der Waals surface area contributed by atoms with Crippen LogP contribution in [0.15, 0.2) is 54.6 Å². The minimum absolute atomic E-state index is 0.0109. The van der Waals surface area contributed by atoms with E-state index in [9.17, 15) is 4.79 Å². The number of hydrogen-bond acceptors (Lipinski definition) is 1. The van der Waals surface area contributed by atoms with E-state index in [1.165, 1.54) is 74.1 Å². The molecule has 0 aliphatic heterocycles. The molecule has 2 atom stereocenters. The summed E-state index contributed by atoms with van der Waals surface area (Å²) >= 11 is 0. The Bertz CT molecular complexity index is 800. The van der Waals surface area contributed by atoms with Gasteiger partial charge < -0.3 is 5.32 Å². The SMILES string of the molecule is CCCCCCCCCC[Si](C)(C)C(C)C(=O)NC(Cc1ccc(C)cc1)c1ccccc1. The zero-order valence-corrected chi connectivity index (χ0v) is 22.8. The summed E-state index contributed by atoms with van der Waals surface area (Å²) < 4.78 is 0. The summed E-state index contributed by atoms with van der Waals surface area (Å²) in [4.78, 5) is 13.4. The lowest BCUT2D eigenvalue weighted by molar-refractivity contribution is -0.121. The Morgan fingerprint density at radius 3 is 2.03 bits per heavy atom. The van der Waals surface area contributed by atoms with Crippen LogP contribution >= 0.6 is 0 Å². The molecule has 3 heteroatoms. The molecule has 0 aliphatic rings. The molecule has 2 unspecified atom stereocenters. The summed E-state index contributed by atoms with van der Waals surface area (Å²) in [6, 6.07) is 20.4. The van der Waals surface area contributed by atoms with Gasteiger partial charge in [-0.15, -0.1) is 0 Å². The lowest BCUT2D eigenvalue weighted by Crippen LogP contribution is -2.42. The van der Waals surface area contributed by atoms with Gasteiger partial charge in [-0.05, 0) is 24.5 Å². The van der Waals surface area contributed by atoms with Crippen molar-refractivity contribution in [2.24, 2.45) is 0 Å². The van der Waals surface area contributed by atoms with Crippen LogP contribution in [0.1, 0.15) is 87.9 Å². The highest BCUT2D eigenvalue weighted by Crippen LogP contribution is 2.30. The van der Waals surface area contributed by atoms with Gasteiger partial charge in [-0.25, -0.2) is 0 Å². The third kappa shape index (κ3) is 9.88. The van der Waals surface area contributed by atoms with E-state index in [4.69, 9.17) is 0 Å². The second-order valence-electron chi connectivity index (χ2n) is 10.6. The average molecular weight is 466 g/mol. The van der Waals surface area contributed by atoms with Crippen LogP contribution in [-0.2, 0) is 11.2 Å². The van der Waals surface area contributed by atoms with Gasteiger partial charge in [0, 0.05) is 5.54 Å². The lowest BCUT2D eigenvalue weighted by Gasteiger charge is -2.31. The maximum atomic E-state index is 13.4. The molecule has 0 saturated carbocycles. The number of nitrogens with one attached hydrogen (secondary N) is 1. The molecular formula is C30H47NOSi. The van der Waals surface area contributed by atoms with Crippen molar-refractivity contribution in [1.29, 1.82) is 0 Å². The van der Waals surface area contributed by atoms with E-state index in [-0.39, 0.29) is 17.5 Å². The van der Waals surface area contributed by atoms with Crippen LogP contribution in [0.2, 0.25) is 24.7 Å². The van der Waals surface area contributed by atoms with Gasteiger partial charge in [0.05, 0.1) is 14.1 Å². The maximum absolute atomic E-state index is 13.4.